The van der Waals surface area contributed by atoms with Crippen LogP contribution in [0.3, 0.4) is 0 Å². The van der Waals surface area contributed by atoms with Gasteiger partial charge in [0.25, 0.3) is 0 Å². The molecule has 1 aliphatic heterocycles. The Kier molecular flexibility index (Phi) is 5.84. The number of nitrogens with zero attached hydrogens (tertiary/aromatic N) is 2. The number of aliphatic hydroxyl groups is 1. The Morgan fingerprint density at radius 2 is 2.12 bits per heavy atom. The van der Waals surface area contributed by atoms with Crippen LogP contribution in [0.4, 0.5) is 4.79 Å². The van der Waals surface area contributed by atoms with Crippen molar-refractivity contribution < 1.29 is 37.0 Å². The van der Waals surface area contributed by atoms with Crippen molar-refractivity contribution in [3.63, 3.8) is 0 Å². The molecule has 1 aliphatic rings. The van der Waals surface area contributed by atoms with Crippen molar-refractivity contribution >= 4 is 22.3 Å². The van der Waals surface area contributed by atoms with Crippen molar-refractivity contribution in [1.29, 1.82) is 0 Å². The summed E-state index contributed by atoms with van der Waals surface area (Å²) in [6.07, 6.45) is -1.34. The molecule has 0 bridgehead atoms. The smallest absolute Gasteiger partial charge is 0.407 e. The molecule has 1 aromatic rings. The van der Waals surface area contributed by atoms with Crippen molar-refractivity contribution in [2.45, 2.75) is 38.6 Å². The lowest BCUT2D eigenvalue weighted by atomic mass is 9.83. The quantitative estimate of drug-likeness (QED) is 0.355. The molecule has 2 amide bonds. The fourth-order valence-electron chi connectivity index (χ4n) is 2.92. The lowest BCUT2D eigenvalue weighted by molar-refractivity contribution is -0.679. The topological polar surface area (TPSA) is 140 Å². The van der Waals surface area contributed by atoms with E-state index >= 15 is 0 Å². The van der Waals surface area contributed by atoms with Crippen LogP contribution in [0.25, 0.3) is 0 Å². The SMILES string of the molecule is C[C@H](OC(=O)NCc1cccc[n+]1C)[C@@H]1[C@@H]([C@@H](C)O)C(=O)N1S(=O)(=O)[O-]. The summed E-state index contributed by atoms with van der Waals surface area (Å²) >= 11 is 0. The van der Waals surface area contributed by atoms with Crippen LogP contribution in [0.15, 0.2) is 24.4 Å². The van der Waals surface area contributed by atoms with E-state index in [1.165, 1.54) is 13.8 Å². The van der Waals surface area contributed by atoms with Crippen LogP contribution in [0.5, 0.6) is 0 Å². The van der Waals surface area contributed by atoms with Gasteiger partial charge in [-0.2, -0.15) is 0 Å². The monoisotopic (exact) mass is 387 g/mol. The maximum absolute atomic E-state index is 12.0. The second-order valence-electron chi connectivity index (χ2n) is 6.12. The van der Waals surface area contributed by atoms with Gasteiger partial charge in [-0.3, -0.25) is 4.79 Å². The number of nitrogens with one attached hydrogen (secondary N) is 1. The number of hydrogen-bond acceptors (Lipinski definition) is 7. The standard InChI is InChI=1S/C15H21N3O7S/c1-9(19)12-13(18(14(12)20)26(22,23)24)10(2)25-15(21)16-8-11-6-4-5-7-17(11)3/h4-7,9-10,12-13,19H,8H2,1-3H3,(H-,16,21,22,23,24)/t9-,10+,12-,13-/m1/s1. The first kappa shape index (κ1) is 20.1. The van der Waals surface area contributed by atoms with Crippen molar-refractivity contribution in [3.8, 4) is 0 Å². The van der Waals surface area contributed by atoms with E-state index in [4.69, 9.17) is 4.74 Å². The van der Waals surface area contributed by atoms with Gasteiger partial charge in [-0.05, 0) is 13.8 Å². The number of aromatic nitrogens is 1. The average Bonchev–Trinajstić information content (AvgIpc) is 2.49. The average molecular weight is 387 g/mol. The number of rotatable bonds is 6. The van der Waals surface area contributed by atoms with Crippen LogP contribution in [-0.2, 0) is 33.4 Å². The molecule has 0 radical (unpaired) electrons. The van der Waals surface area contributed by atoms with E-state index in [1.807, 2.05) is 6.07 Å². The molecule has 2 rings (SSSR count). The maximum atomic E-state index is 12.0. The third-order valence-electron chi connectivity index (χ3n) is 4.25. The molecule has 1 fully saturated rings. The first-order chi connectivity index (χ1) is 12.0. The number of β-lactam (4-membered cyclic amide) rings is 1. The van der Waals surface area contributed by atoms with Crippen LogP contribution >= 0.6 is 0 Å². The molecule has 2 heterocycles. The predicted octanol–water partition coefficient (Wildman–Crippen LogP) is -1.21. The number of carbonyl (C=O) groups is 2. The summed E-state index contributed by atoms with van der Waals surface area (Å²) in [6, 6.07) is 4.17. The zero-order valence-electron chi connectivity index (χ0n) is 14.5. The van der Waals surface area contributed by atoms with Gasteiger partial charge in [-0.15, -0.1) is 0 Å². The van der Waals surface area contributed by atoms with Gasteiger partial charge in [0, 0.05) is 12.1 Å². The van der Waals surface area contributed by atoms with E-state index in [2.05, 4.69) is 5.32 Å². The van der Waals surface area contributed by atoms with Crippen LogP contribution in [0, 0.1) is 5.92 Å². The summed E-state index contributed by atoms with van der Waals surface area (Å²) in [5, 5.41) is 12.2. The second kappa shape index (κ2) is 7.56. The number of hydrogen-bond donors (Lipinski definition) is 2. The van der Waals surface area contributed by atoms with E-state index in [1.54, 1.807) is 29.9 Å². The molecule has 144 valence electrons. The summed E-state index contributed by atoms with van der Waals surface area (Å²) in [7, 11) is -3.26. The first-order valence-corrected chi connectivity index (χ1v) is 9.25. The van der Waals surface area contributed by atoms with E-state index in [0.717, 1.165) is 5.69 Å². The molecule has 0 unspecified atom stereocenters. The summed E-state index contributed by atoms with van der Waals surface area (Å²) in [5.41, 5.74) is 0.793. The van der Waals surface area contributed by atoms with Gasteiger partial charge in [0.2, 0.25) is 11.6 Å². The fraction of sp³-hybridized carbons (Fsp3) is 0.533. The minimum atomic E-state index is -5.06. The third kappa shape index (κ3) is 4.11. The molecule has 0 aliphatic carbocycles. The molecular weight excluding hydrogens is 366 g/mol. The Morgan fingerprint density at radius 3 is 2.65 bits per heavy atom. The van der Waals surface area contributed by atoms with E-state index < -0.39 is 46.5 Å². The zero-order valence-corrected chi connectivity index (χ0v) is 15.3. The van der Waals surface area contributed by atoms with Crippen LogP contribution < -0.4 is 9.88 Å². The van der Waals surface area contributed by atoms with E-state index in [9.17, 15) is 27.7 Å². The Bertz CT molecular complexity index is 796. The molecule has 1 saturated heterocycles. The Hall–Kier alpha value is -2.24. The molecule has 2 N–H and O–H groups in total. The first-order valence-electron chi connectivity index (χ1n) is 7.89. The van der Waals surface area contributed by atoms with Crippen LogP contribution in [-0.4, -0.2) is 52.6 Å². The molecule has 0 aromatic carbocycles. The van der Waals surface area contributed by atoms with Gasteiger partial charge in [0.15, 0.2) is 16.5 Å². The lowest BCUT2D eigenvalue weighted by Crippen LogP contribution is -2.69. The molecule has 11 heteroatoms. The molecular formula is C15H21N3O7S. The number of pyridine rings is 1. The minimum Gasteiger partial charge on any atom is -0.731 e. The van der Waals surface area contributed by atoms with E-state index in [0.29, 0.717) is 0 Å². The summed E-state index contributed by atoms with van der Waals surface area (Å²) < 4.78 is 40.8. The Labute approximate surface area is 151 Å². The highest BCUT2D eigenvalue weighted by molar-refractivity contribution is 7.84. The maximum Gasteiger partial charge on any atom is 0.407 e. The molecule has 0 spiro atoms. The third-order valence-corrected chi connectivity index (χ3v) is 5.16. The number of amides is 2. The van der Waals surface area contributed by atoms with Crippen molar-refractivity contribution in [3.05, 3.63) is 30.1 Å². The van der Waals surface area contributed by atoms with E-state index in [-0.39, 0.29) is 10.8 Å². The summed E-state index contributed by atoms with van der Waals surface area (Å²) in [5.74, 6) is -2.14. The molecule has 0 saturated carbocycles. The minimum absolute atomic E-state index is 0.111. The number of aliphatic hydroxyl groups excluding tert-OH is 1. The van der Waals surface area contributed by atoms with Gasteiger partial charge < -0.3 is 19.7 Å². The molecule has 4 atom stereocenters. The van der Waals surface area contributed by atoms with Gasteiger partial charge in [0.1, 0.15) is 19.7 Å². The van der Waals surface area contributed by atoms with Gasteiger partial charge in [-0.1, -0.05) is 6.07 Å². The van der Waals surface area contributed by atoms with Gasteiger partial charge in [0.05, 0.1) is 18.1 Å². The van der Waals surface area contributed by atoms with Gasteiger partial charge in [-0.25, -0.2) is 22.1 Å². The molecule has 26 heavy (non-hydrogen) atoms. The second-order valence-corrected chi connectivity index (χ2v) is 7.36. The highest BCUT2D eigenvalue weighted by Gasteiger charge is 2.56. The lowest BCUT2D eigenvalue weighted by Gasteiger charge is -2.50. The Balaban J connectivity index is 2.02. The number of carbonyl (C=O) groups excluding carboxylic acids is 2. The highest BCUT2D eigenvalue weighted by atomic mass is 32.2. The normalized spacial score (nSPS) is 22.3. The summed E-state index contributed by atoms with van der Waals surface area (Å²) in [4.78, 5) is 23.8. The highest BCUT2D eigenvalue weighted by Crippen LogP contribution is 2.35. The van der Waals surface area contributed by atoms with Crippen molar-refractivity contribution in [2.75, 3.05) is 0 Å². The van der Waals surface area contributed by atoms with Crippen molar-refractivity contribution in [1.82, 2.24) is 9.62 Å². The number of alkyl carbamates (subject to hydrolysis) is 1. The van der Waals surface area contributed by atoms with Crippen molar-refractivity contribution in [2.24, 2.45) is 13.0 Å². The molecule has 10 nitrogen and oxygen atoms in total. The van der Waals surface area contributed by atoms with Crippen LogP contribution in [0.1, 0.15) is 19.5 Å². The largest absolute Gasteiger partial charge is 0.731 e. The van der Waals surface area contributed by atoms with Gasteiger partial charge >= 0.3 is 6.09 Å². The number of aryl methyl sites for hydroxylation is 1. The predicted molar refractivity (Wildman–Crippen MR) is 85.9 cm³/mol. The number of ether oxygens (including phenoxy) is 1. The fourth-order valence-corrected chi connectivity index (χ4v) is 3.87. The van der Waals surface area contributed by atoms with Crippen LogP contribution in [0.2, 0.25) is 0 Å². The molecule has 1 aromatic heterocycles. The summed E-state index contributed by atoms with van der Waals surface area (Å²) in [6.45, 7) is 2.81. The zero-order chi connectivity index (χ0) is 19.6. The Morgan fingerprint density at radius 1 is 1.46 bits per heavy atom.